The highest BCUT2D eigenvalue weighted by atomic mass is 19.4. The highest BCUT2D eigenvalue weighted by molar-refractivity contribution is 5.28. The van der Waals surface area contributed by atoms with Crippen molar-refractivity contribution in [3.8, 4) is 11.9 Å². The van der Waals surface area contributed by atoms with Crippen LogP contribution in [0, 0.1) is 11.3 Å². The maximum Gasteiger partial charge on any atom is 0.434 e. The Morgan fingerprint density at radius 3 is 2.00 bits per heavy atom. The number of aromatic nitrogens is 1. The Kier molecular flexibility index (Phi) is 3.69. The maximum atomic E-state index is 12.1. The Bertz CT molecular complexity index is 430. The van der Waals surface area contributed by atoms with Gasteiger partial charge in [0.2, 0.25) is 5.88 Å². The first-order chi connectivity index (χ1) is 8.14. The molecular weight excluding hydrogens is 266 g/mol. The molecule has 98 valence electrons. The van der Waals surface area contributed by atoms with Gasteiger partial charge in [0, 0.05) is 12.3 Å². The van der Waals surface area contributed by atoms with Crippen LogP contribution in [0.15, 0.2) is 18.3 Å². The van der Waals surface area contributed by atoms with Gasteiger partial charge in [-0.25, -0.2) is 4.98 Å². The van der Waals surface area contributed by atoms with Crippen LogP contribution in [0.4, 0.5) is 26.3 Å². The molecule has 1 aromatic heterocycles. The van der Waals surface area contributed by atoms with Crippen LogP contribution in [0.3, 0.4) is 0 Å². The molecule has 0 amide bonds. The van der Waals surface area contributed by atoms with Gasteiger partial charge in [-0.1, -0.05) is 0 Å². The lowest BCUT2D eigenvalue weighted by molar-refractivity contribution is -0.300. The predicted molar refractivity (Wildman–Crippen MR) is 45.5 cm³/mol. The molecule has 0 aromatic carbocycles. The lowest BCUT2D eigenvalue weighted by atomic mass is 10.3. The summed E-state index contributed by atoms with van der Waals surface area (Å²) in [5.41, 5.74) is -0.0158. The Labute approximate surface area is 96.6 Å². The lowest BCUT2D eigenvalue weighted by Gasteiger charge is -2.23. The minimum absolute atomic E-state index is 0.0158. The second-order valence-electron chi connectivity index (χ2n) is 3.08. The monoisotopic (exact) mass is 270 g/mol. The quantitative estimate of drug-likeness (QED) is 0.776. The summed E-state index contributed by atoms with van der Waals surface area (Å²) in [6.45, 7) is 0. The van der Waals surface area contributed by atoms with Crippen molar-refractivity contribution in [2.75, 3.05) is 0 Å². The largest absolute Gasteiger partial charge is 0.455 e. The van der Waals surface area contributed by atoms with Crippen LogP contribution < -0.4 is 4.74 Å². The molecule has 0 N–H and O–H groups in total. The minimum Gasteiger partial charge on any atom is -0.455 e. The molecule has 18 heavy (non-hydrogen) atoms. The van der Waals surface area contributed by atoms with Crippen molar-refractivity contribution in [2.24, 2.45) is 0 Å². The number of pyridine rings is 1. The third kappa shape index (κ3) is 3.51. The summed E-state index contributed by atoms with van der Waals surface area (Å²) < 4.78 is 76.5. The molecule has 0 bridgehead atoms. The standard InChI is InChI=1S/C9H4F6N2O/c10-8(11,12)7(9(13,14)15)18-6-2-1-5(3-16)4-17-6/h1-2,4,7H. The van der Waals surface area contributed by atoms with E-state index in [0.717, 1.165) is 18.3 Å². The van der Waals surface area contributed by atoms with Gasteiger partial charge in [-0.15, -0.1) is 0 Å². The molecule has 0 saturated heterocycles. The van der Waals surface area contributed by atoms with E-state index >= 15 is 0 Å². The SMILES string of the molecule is N#Cc1ccc(OC(C(F)(F)F)C(F)(F)F)nc1. The fourth-order valence-corrected chi connectivity index (χ4v) is 0.956. The van der Waals surface area contributed by atoms with Crippen LogP contribution in [-0.4, -0.2) is 23.4 Å². The first kappa shape index (κ1) is 14.1. The van der Waals surface area contributed by atoms with Gasteiger partial charge >= 0.3 is 12.4 Å². The predicted octanol–water partition coefficient (Wildman–Crippen LogP) is 2.83. The van der Waals surface area contributed by atoms with E-state index in [1.54, 1.807) is 6.07 Å². The average molecular weight is 270 g/mol. The van der Waals surface area contributed by atoms with Crippen LogP contribution in [0.2, 0.25) is 0 Å². The first-order valence-corrected chi connectivity index (χ1v) is 4.31. The molecule has 0 atom stereocenters. The Balaban J connectivity index is 2.94. The van der Waals surface area contributed by atoms with E-state index < -0.39 is 24.3 Å². The molecule has 0 aliphatic carbocycles. The van der Waals surface area contributed by atoms with Gasteiger partial charge in [0.15, 0.2) is 0 Å². The topological polar surface area (TPSA) is 45.9 Å². The van der Waals surface area contributed by atoms with Crippen molar-refractivity contribution >= 4 is 0 Å². The number of alkyl halides is 6. The summed E-state index contributed by atoms with van der Waals surface area (Å²) in [4.78, 5) is 3.17. The number of hydrogen-bond donors (Lipinski definition) is 0. The fourth-order valence-electron chi connectivity index (χ4n) is 0.956. The highest BCUT2D eigenvalue weighted by Crippen LogP contribution is 2.35. The van der Waals surface area contributed by atoms with E-state index in [9.17, 15) is 26.3 Å². The van der Waals surface area contributed by atoms with Crippen molar-refractivity contribution in [1.82, 2.24) is 4.98 Å². The second-order valence-corrected chi connectivity index (χ2v) is 3.08. The zero-order valence-corrected chi connectivity index (χ0v) is 8.38. The summed E-state index contributed by atoms with van der Waals surface area (Å²) in [5, 5.41) is 8.38. The average Bonchev–Trinajstić information content (AvgIpc) is 2.23. The molecule has 0 radical (unpaired) electrons. The first-order valence-electron chi connectivity index (χ1n) is 4.31. The smallest absolute Gasteiger partial charge is 0.434 e. The number of nitriles is 1. The molecule has 0 unspecified atom stereocenters. The Hall–Kier alpha value is -1.98. The van der Waals surface area contributed by atoms with Gasteiger partial charge in [-0.3, -0.25) is 0 Å². The third-order valence-corrected chi connectivity index (χ3v) is 1.70. The van der Waals surface area contributed by atoms with Crippen molar-refractivity contribution in [2.45, 2.75) is 18.5 Å². The maximum absolute atomic E-state index is 12.1. The molecule has 0 spiro atoms. The second kappa shape index (κ2) is 4.72. The molecule has 1 aromatic rings. The van der Waals surface area contributed by atoms with Gasteiger partial charge < -0.3 is 4.74 Å². The molecule has 0 aliphatic rings. The zero-order valence-electron chi connectivity index (χ0n) is 8.38. The summed E-state index contributed by atoms with van der Waals surface area (Å²) >= 11 is 0. The number of ether oxygens (including phenoxy) is 1. The molecule has 0 aliphatic heterocycles. The number of halogens is 6. The molecule has 0 fully saturated rings. The van der Waals surface area contributed by atoms with Crippen LogP contribution >= 0.6 is 0 Å². The van der Waals surface area contributed by atoms with E-state index in [1.807, 2.05) is 0 Å². The molecular formula is C9H4F6N2O. The molecule has 1 heterocycles. The number of rotatable bonds is 2. The number of nitrogens with zero attached hydrogens (tertiary/aromatic N) is 2. The van der Waals surface area contributed by atoms with Gasteiger partial charge in [-0.2, -0.15) is 31.6 Å². The number of hydrogen-bond acceptors (Lipinski definition) is 3. The normalized spacial score (nSPS) is 12.3. The van der Waals surface area contributed by atoms with Crippen LogP contribution in [0.25, 0.3) is 0 Å². The Morgan fingerprint density at radius 1 is 1.11 bits per heavy atom. The summed E-state index contributed by atoms with van der Waals surface area (Å²) in [7, 11) is 0. The van der Waals surface area contributed by atoms with Crippen molar-refractivity contribution in [1.29, 1.82) is 5.26 Å². The Morgan fingerprint density at radius 2 is 1.67 bits per heavy atom. The fraction of sp³-hybridized carbons (Fsp3) is 0.333. The van der Waals surface area contributed by atoms with E-state index in [-0.39, 0.29) is 5.56 Å². The van der Waals surface area contributed by atoms with E-state index in [2.05, 4.69) is 9.72 Å². The van der Waals surface area contributed by atoms with Crippen molar-refractivity contribution in [3.63, 3.8) is 0 Å². The molecule has 3 nitrogen and oxygen atoms in total. The van der Waals surface area contributed by atoms with E-state index in [1.165, 1.54) is 0 Å². The summed E-state index contributed by atoms with van der Waals surface area (Å²) in [6.07, 6.45) is -14.4. The third-order valence-electron chi connectivity index (χ3n) is 1.70. The van der Waals surface area contributed by atoms with Crippen LogP contribution in [0.5, 0.6) is 5.88 Å². The van der Waals surface area contributed by atoms with Gasteiger partial charge in [0.1, 0.15) is 6.07 Å². The summed E-state index contributed by atoms with van der Waals surface area (Å²) in [6, 6.07) is 3.35. The van der Waals surface area contributed by atoms with Gasteiger partial charge in [0.25, 0.3) is 6.10 Å². The van der Waals surface area contributed by atoms with Crippen molar-refractivity contribution in [3.05, 3.63) is 23.9 Å². The zero-order chi connectivity index (χ0) is 14.0. The highest BCUT2D eigenvalue weighted by Gasteiger charge is 2.59. The van der Waals surface area contributed by atoms with E-state index in [4.69, 9.17) is 5.26 Å². The lowest BCUT2D eigenvalue weighted by Crippen LogP contribution is -2.46. The minimum atomic E-state index is -5.60. The van der Waals surface area contributed by atoms with Crippen LogP contribution in [-0.2, 0) is 0 Å². The van der Waals surface area contributed by atoms with Crippen molar-refractivity contribution < 1.29 is 31.1 Å². The van der Waals surface area contributed by atoms with Crippen LogP contribution in [0.1, 0.15) is 5.56 Å². The molecule has 0 saturated carbocycles. The molecule has 1 rings (SSSR count). The summed E-state index contributed by atoms with van der Waals surface area (Å²) in [5.74, 6) is -0.867. The van der Waals surface area contributed by atoms with Gasteiger partial charge in [0.05, 0.1) is 5.56 Å². The van der Waals surface area contributed by atoms with E-state index in [0.29, 0.717) is 0 Å². The van der Waals surface area contributed by atoms with Gasteiger partial charge in [-0.05, 0) is 6.07 Å². The molecule has 9 heteroatoms.